The van der Waals surface area contributed by atoms with Crippen molar-refractivity contribution in [1.82, 2.24) is 9.88 Å². The van der Waals surface area contributed by atoms with E-state index in [1.807, 2.05) is 19.1 Å². The molecule has 3 nitrogen and oxygen atoms in total. The molecule has 0 N–H and O–H groups in total. The zero-order valence-electron chi connectivity index (χ0n) is 11.2. The lowest BCUT2D eigenvalue weighted by Gasteiger charge is -2.32. The predicted molar refractivity (Wildman–Crippen MR) is 74.3 cm³/mol. The maximum absolute atomic E-state index is 5.85. The second kappa shape index (κ2) is 6.39. The number of hydrogen-bond acceptors (Lipinski definition) is 3. The Hall–Kier alpha value is -0.800. The molecule has 2 rings (SSSR count). The summed E-state index contributed by atoms with van der Waals surface area (Å²) in [4.78, 5) is 6.77. The Balaban J connectivity index is 1.94. The van der Waals surface area contributed by atoms with Crippen LogP contribution in [0.25, 0.3) is 0 Å². The molecule has 0 saturated carbocycles. The first kappa shape index (κ1) is 13.6. The number of hydrogen-bond donors (Lipinski definition) is 0. The molecular weight excluding hydrogens is 248 g/mol. The number of ether oxygens (including phenoxy) is 1. The van der Waals surface area contributed by atoms with Gasteiger partial charge in [0.2, 0.25) is 5.88 Å². The average molecular weight is 269 g/mol. The van der Waals surface area contributed by atoms with Crippen LogP contribution in [-0.2, 0) is 5.88 Å². The third kappa shape index (κ3) is 3.59. The predicted octanol–water partition coefficient (Wildman–Crippen LogP) is 2.99. The highest BCUT2D eigenvalue weighted by Crippen LogP contribution is 2.18. The normalized spacial score (nSPS) is 20.9. The highest BCUT2D eigenvalue weighted by molar-refractivity contribution is 6.17. The van der Waals surface area contributed by atoms with Gasteiger partial charge in [-0.2, -0.15) is 0 Å². The van der Waals surface area contributed by atoms with Crippen molar-refractivity contribution in [2.75, 3.05) is 20.2 Å². The van der Waals surface area contributed by atoms with Crippen LogP contribution in [0.1, 0.15) is 30.5 Å². The Morgan fingerprint density at radius 2 is 2.28 bits per heavy atom. The molecule has 0 aromatic carbocycles. The molecule has 1 aromatic rings. The number of rotatable bonds is 4. The van der Waals surface area contributed by atoms with Crippen LogP contribution in [0.15, 0.2) is 12.1 Å². The van der Waals surface area contributed by atoms with Crippen molar-refractivity contribution >= 4 is 11.6 Å². The molecule has 0 spiro atoms. The van der Waals surface area contributed by atoms with Gasteiger partial charge in [0.05, 0.1) is 0 Å². The number of aryl methyl sites for hydroxylation is 1. The summed E-state index contributed by atoms with van der Waals surface area (Å²) < 4.78 is 5.83. The van der Waals surface area contributed by atoms with Crippen LogP contribution < -0.4 is 4.74 Å². The standard InChI is InChI=1S/C14H21ClN2O/c1-11-7-12(9-15)8-14(16-11)18-10-13-5-3-4-6-17(13)2/h7-8,13H,3-6,9-10H2,1-2H3. The SMILES string of the molecule is Cc1cc(CCl)cc(OCC2CCCCN2C)n1. The van der Waals surface area contributed by atoms with Crippen LogP contribution in [-0.4, -0.2) is 36.1 Å². The second-order valence-corrected chi connectivity index (χ2v) is 5.30. The zero-order chi connectivity index (χ0) is 13.0. The molecule has 18 heavy (non-hydrogen) atoms. The zero-order valence-corrected chi connectivity index (χ0v) is 11.9. The fraction of sp³-hybridized carbons (Fsp3) is 0.643. The van der Waals surface area contributed by atoms with Crippen molar-refractivity contribution in [3.8, 4) is 5.88 Å². The van der Waals surface area contributed by atoms with Crippen molar-refractivity contribution in [3.05, 3.63) is 23.4 Å². The fourth-order valence-corrected chi connectivity index (χ4v) is 2.55. The van der Waals surface area contributed by atoms with Crippen LogP contribution in [0.5, 0.6) is 5.88 Å². The summed E-state index contributed by atoms with van der Waals surface area (Å²) in [5, 5.41) is 0. The molecule has 0 bridgehead atoms. The number of halogens is 1. The van der Waals surface area contributed by atoms with E-state index in [0.717, 1.165) is 11.3 Å². The number of likely N-dealkylation sites (N-methyl/N-ethyl adjacent to an activating group) is 1. The van der Waals surface area contributed by atoms with Gasteiger partial charge in [-0.1, -0.05) is 6.42 Å². The number of pyridine rings is 1. The van der Waals surface area contributed by atoms with Gasteiger partial charge in [-0.25, -0.2) is 4.98 Å². The van der Waals surface area contributed by atoms with Crippen molar-refractivity contribution in [3.63, 3.8) is 0 Å². The number of alkyl halides is 1. The molecule has 4 heteroatoms. The molecule has 1 aliphatic rings. The molecule has 2 heterocycles. The molecule has 1 saturated heterocycles. The molecule has 1 aromatic heterocycles. The number of aromatic nitrogens is 1. The quantitative estimate of drug-likeness (QED) is 0.785. The monoisotopic (exact) mass is 268 g/mol. The van der Waals surface area contributed by atoms with Gasteiger partial charge in [-0.05, 0) is 45.0 Å². The lowest BCUT2D eigenvalue weighted by molar-refractivity contribution is 0.122. The Bertz CT molecular complexity index is 397. The van der Waals surface area contributed by atoms with Gasteiger partial charge in [0, 0.05) is 23.7 Å². The van der Waals surface area contributed by atoms with Crippen molar-refractivity contribution in [2.24, 2.45) is 0 Å². The number of likely N-dealkylation sites (tertiary alicyclic amines) is 1. The Morgan fingerprint density at radius 3 is 3.00 bits per heavy atom. The molecule has 0 aliphatic carbocycles. The average Bonchev–Trinajstić information content (AvgIpc) is 2.37. The second-order valence-electron chi connectivity index (χ2n) is 5.03. The Kier molecular flexibility index (Phi) is 4.84. The van der Waals surface area contributed by atoms with Crippen LogP contribution in [0.4, 0.5) is 0 Å². The smallest absolute Gasteiger partial charge is 0.213 e. The van der Waals surface area contributed by atoms with Crippen LogP contribution in [0.2, 0.25) is 0 Å². The summed E-state index contributed by atoms with van der Waals surface area (Å²) >= 11 is 5.85. The summed E-state index contributed by atoms with van der Waals surface area (Å²) in [5.41, 5.74) is 2.02. The van der Waals surface area contributed by atoms with Gasteiger partial charge in [-0.15, -0.1) is 11.6 Å². The Labute approximate surface area is 114 Å². The van der Waals surface area contributed by atoms with E-state index in [0.29, 0.717) is 24.4 Å². The van der Waals surface area contributed by atoms with Gasteiger partial charge in [-0.3, -0.25) is 0 Å². The molecule has 0 radical (unpaired) electrons. The van der Waals surface area contributed by atoms with E-state index in [-0.39, 0.29) is 0 Å². The highest BCUT2D eigenvalue weighted by Gasteiger charge is 2.19. The van der Waals surface area contributed by atoms with Crippen LogP contribution in [0.3, 0.4) is 0 Å². The summed E-state index contributed by atoms with van der Waals surface area (Å²) in [6.07, 6.45) is 3.81. The lowest BCUT2D eigenvalue weighted by Crippen LogP contribution is -2.40. The third-order valence-corrected chi connectivity index (χ3v) is 3.80. The molecule has 1 atom stereocenters. The van der Waals surface area contributed by atoms with E-state index in [9.17, 15) is 0 Å². The van der Waals surface area contributed by atoms with E-state index in [1.54, 1.807) is 0 Å². The van der Waals surface area contributed by atoms with E-state index in [2.05, 4.69) is 16.9 Å². The molecule has 1 fully saturated rings. The van der Waals surface area contributed by atoms with Crippen molar-refractivity contribution < 1.29 is 4.74 Å². The van der Waals surface area contributed by atoms with Crippen molar-refractivity contribution in [1.29, 1.82) is 0 Å². The summed E-state index contributed by atoms with van der Waals surface area (Å²) in [6, 6.07) is 4.44. The minimum atomic E-state index is 0.503. The van der Waals surface area contributed by atoms with Crippen molar-refractivity contribution in [2.45, 2.75) is 38.1 Å². The first-order chi connectivity index (χ1) is 8.69. The maximum Gasteiger partial charge on any atom is 0.213 e. The maximum atomic E-state index is 5.85. The summed E-state index contributed by atoms with van der Waals surface area (Å²) in [5.74, 6) is 1.20. The van der Waals surface area contributed by atoms with Gasteiger partial charge < -0.3 is 9.64 Å². The van der Waals surface area contributed by atoms with E-state index < -0.39 is 0 Å². The Morgan fingerprint density at radius 1 is 1.44 bits per heavy atom. The molecule has 100 valence electrons. The number of piperidine rings is 1. The minimum absolute atomic E-state index is 0.503. The van der Waals surface area contributed by atoms with Crippen LogP contribution in [0, 0.1) is 6.92 Å². The van der Waals surface area contributed by atoms with Gasteiger partial charge in [0.1, 0.15) is 6.61 Å². The topological polar surface area (TPSA) is 25.4 Å². The minimum Gasteiger partial charge on any atom is -0.476 e. The fourth-order valence-electron chi connectivity index (χ4n) is 2.39. The number of nitrogens with zero attached hydrogens (tertiary/aromatic N) is 2. The van der Waals surface area contributed by atoms with E-state index in [4.69, 9.17) is 16.3 Å². The molecule has 0 amide bonds. The van der Waals surface area contributed by atoms with Crippen LogP contribution >= 0.6 is 11.6 Å². The lowest BCUT2D eigenvalue weighted by atomic mass is 10.0. The molecule has 1 unspecified atom stereocenters. The third-order valence-electron chi connectivity index (χ3n) is 3.49. The van der Waals surface area contributed by atoms with E-state index in [1.165, 1.54) is 25.8 Å². The molecule has 1 aliphatic heterocycles. The van der Waals surface area contributed by atoms with Gasteiger partial charge in [0.25, 0.3) is 0 Å². The largest absolute Gasteiger partial charge is 0.476 e. The highest BCUT2D eigenvalue weighted by atomic mass is 35.5. The first-order valence-electron chi connectivity index (χ1n) is 6.55. The van der Waals surface area contributed by atoms with E-state index >= 15 is 0 Å². The molecular formula is C14H21ClN2O. The summed E-state index contributed by atoms with van der Waals surface area (Å²) in [6.45, 7) is 3.85. The van der Waals surface area contributed by atoms with Gasteiger partial charge in [0.15, 0.2) is 0 Å². The van der Waals surface area contributed by atoms with Gasteiger partial charge >= 0.3 is 0 Å². The summed E-state index contributed by atoms with van der Waals surface area (Å²) in [7, 11) is 2.17. The first-order valence-corrected chi connectivity index (χ1v) is 7.09.